The molecule has 1 saturated heterocycles. The number of anilines is 1. The van der Waals surface area contributed by atoms with E-state index >= 15 is 0 Å². The maximum Gasteiger partial charge on any atom is 0.255 e. The van der Waals surface area contributed by atoms with Crippen molar-refractivity contribution in [1.29, 1.82) is 0 Å². The fourth-order valence-electron chi connectivity index (χ4n) is 1.98. The standard InChI is InChI=1S/C12H17N3O/c1-15-9-5-8-11(15)12(16)14-13-10-6-3-2-4-7-10/h2-4,6-7,11,13H,5,8-9H2,1H3,(H,14,16)/t11-/m0/s1. The summed E-state index contributed by atoms with van der Waals surface area (Å²) in [7, 11) is 1.99. The highest BCUT2D eigenvalue weighted by molar-refractivity contribution is 5.83. The number of hydrazine groups is 1. The van der Waals surface area contributed by atoms with Crippen LogP contribution >= 0.6 is 0 Å². The van der Waals surface area contributed by atoms with Gasteiger partial charge in [-0.05, 0) is 38.6 Å². The second-order valence-corrected chi connectivity index (χ2v) is 4.12. The minimum Gasteiger partial charge on any atom is -0.299 e. The molecule has 1 aromatic rings. The molecule has 1 aromatic carbocycles. The number of benzene rings is 1. The van der Waals surface area contributed by atoms with Crippen molar-refractivity contribution in [3.63, 3.8) is 0 Å². The van der Waals surface area contributed by atoms with Crippen LogP contribution in [-0.2, 0) is 4.79 Å². The maximum atomic E-state index is 11.8. The van der Waals surface area contributed by atoms with Crippen molar-refractivity contribution >= 4 is 11.6 Å². The average Bonchev–Trinajstić information content (AvgIpc) is 2.74. The van der Waals surface area contributed by atoms with E-state index in [4.69, 9.17) is 0 Å². The summed E-state index contributed by atoms with van der Waals surface area (Å²) in [4.78, 5) is 13.9. The highest BCUT2D eigenvalue weighted by atomic mass is 16.2. The number of hydrogen-bond acceptors (Lipinski definition) is 3. The quantitative estimate of drug-likeness (QED) is 0.751. The van der Waals surface area contributed by atoms with Gasteiger partial charge in [0, 0.05) is 0 Å². The van der Waals surface area contributed by atoms with Crippen LogP contribution in [0.25, 0.3) is 0 Å². The predicted octanol–water partition coefficient (Wildman–Crippen LogP) is 1.22. The van der Waals surface area contributed by atoms with Crippen molar-refractivity contribution in [1.82, 2.24) is 10.3 Å². The largest absolute Gasteiger partial charge is 0.299 e. The first-order valence-corrected chi connectivity index (χ1v) is 5.58. The lowest BCUT2D eigenvalue weighted by Crippen LogP contribution is -2.43. The monoisotopic (exact) mass is 219 g/mol. The molecule has 1 aliphatic rings. The lowest BCUT2D eigenvalue weighted by molar-refractivity contribution is -0.124. The fraction of sp³-hybridized carbons (Fsp3) is 0.417. The van der Waals surface area contributed by atoms with Crippen LogP contribution in [0.3, 0.4) is 0 Å². The molecule has 1 aliphatic heterocycles. The van der Waals surface area contributed by atoms with Crippen LogP contribution in [0.4, 0.5) is 5.69 Å². The van der Waals surface area contributed by atoms with Gasteiger partial charge in [-0.3, -0.25) is 20.5 Å². The molecular formula is C12H17N3O. The molecule has 1 atom stereocenters. The van der Waals surface area contributed by atoms with Crippen LogP contribution in [-0.4, -0.2) is 30.4 Å². The Morgan fingerprint density at radius 1 is 1.38 bits per heavy atom. The van der Waals surface area contributed by atoms with Gasteiger partial charge in [-0.1, -0.05) is 18.2 Å². The first-order chi connectivity index (χ1) is 7.77. The molecule has 1 fully saturated rings. The average molecular weight is 219 g/mol. The number of carbonyl (C=O) groups excluding carboxylic acids is 1. The zero-order valence-electron chi connectivity index (χ0n) is 9.44. The van der Waals surface area contributed by atoms with Crippen LogP contribution in [0.15, 0.2) is 30.3 Å². The molecular weight excluding hydrogens is 202 g/mol. The van der Waals surface area contributed by atoms with Gasteiger partial charge in [0.05, 0.1) is 11.7 Å². The predicted molar refractivity (Wildman–Crippen MR) is 63.9 cm³/mol. The molecule has 0 radical (unpaired) electrons. The van der Waals surface area contributed by atoms with Crippen molar-refractivity contribution in [2.45, 2.75) is 18.9 Å². The van der Waals surface area contributed by atoms with E-state index in [9.17, 15) is 4.79 Å². The number of hydrogen-bond donors (Lipinski definition) is 2. The molecule has 4 heteroatoms. The van der Waals surface area contributed by atoms with E-state index in [0.29, 0.717) is 0 Å². The number of nitrogens with zero attached hydrogens (tertiary/aromatic N) is 1. The van der Waals surface area contributed by atoms with E-state index in [-0.39, 0.29) is 11.9 Å². The van der Waals surface area contributed by atoms with E-state index in [1.54, 1.807) is 0 Å². The third-order valence-corrected chi connectivity index (χ3v) is 2.93. The SMILES string of the molecule is CN1CCC[C@H]1C(=O)NNc1ccccc1. The normalized spacial score (nSPS) is 20.7. The number of amides is 1. The second-order valence-electron chi connectivity index (χ2n) is 4.12. The summed E-state index contributed by atoms with van der Waals surface area (Å²) in [5.74, 6) is 0.0452. The Kier molecular flexibility index (Phi) is 3.41. The Balaban J connectivity index is 1.84. The highest BCUT2D eigenvalue weighted by Crippen LogP contribution is 2.14. The molecule has 2 N–H and O–H groups in total. The number of nitrogens with one attached hydrogen (secondary N) is 2. The summed E-state index contributed by atoms with van der Waals surface area (Å²) in [5.41, 5.74) is 6.56. The zero-order chi connectivity index (χ0) is 11.4. The smallest absolute Gasteiger partial charge is 0.255 e. The van der Waals surface area contributed by atoms with Gasteiger partial charge in [-0.15, -0.1) is 0 Å². The van der Waals surface area contributed by atoms with Crippen molar-refractivity contribution in [3.05, 3.63) is 30.3 Å². The molecule has 0 bridgehead atoms. The van der Waals surface area contributed by atoms with Gasteiger partial charge in [0.25, 0.3) is 5.91 Å². The molecule has 0 aliphatic carbocycles. The topological polar surface area (TPSA) is 44.4 Å². The number of likely N-dealkylation sites (tertiary alicyclic amines) is 1. The van der Waals surface area contributed by atoms with Gasteiger partial charge in [-0.25, -0.2) is 0 Å². The summed E-state index contributed by atoms with van der Waals surface area (Å²) in [6, 6.07) is 9.64. The summed E-state index contributed by atoms with van der Waals surface area (Å²) >= 11 is 0. The van der Waals surface area contributed by atoms with Crippen molar-refractivity contribution in [2.75, 3.05) is 19.0 Å². The number of carbonyl (C=O) groups is 1. The van der Waals surface area contributed by atoms with Gasteiger partial charge in [0.1, 0.15) is 0 Å². The van der Waals surface area contributed by atoms with E-state index in [0.717, 1.165) is 25.1 Å². The Bertz CT molecular complexity index is 353. The first kappa shape index (κ1) is 11.0. The molecule has 4 nitrogen and oxygen atoms in total. The van der Waals surface area contributed by atoms with E-state index < -0.39 is 0 Å². The van der Waals surface area contributed by atoms with Gasteiger partial charge in [0.2, 0.25) is 0 Å². The fourth-order valence-corrected chi connectivity index (χ4v) is 1.98. The summed E-state index contributed by atoms with van der Waals surface area (Å²) < 4.78 is 0. The van der Waals surface area contributed by atoms with Crippen LogP contribution in [0, 0.1) is 0 Å². The summed E-state index contributed by atoms with van der Waals surface area (Å²) in [5, 5.41) is 0. The van der Waals surface area contributed by atoms with Crippen LogP contribution < -0.4 is 10.9 Å². The van der Waals surface area contributed by atoms with E-state index in [1.165, 1.54) is 0 Å². The highest BCUT2D eigenvalue weighted by Gasteiger charge is 2.27. The summed E-state index contributed by atoms with van der Waals surface area (Å²) in [6.07, 6.45) is 2.04. The van der Waals surface area contributed by atoms with Gasteiger partial charge >= 0.3 is 0 Å². The lowest BCUT2D eigenvalue weighted by atomic mass is 10.2. The summed E-state index contributed by atoms with van der Waals surface area (Å²) in [6.45, 7) is 1.00. The second kappa shape index (κ2) is 4.99. The molecule has 1 amide bonds. The Labute approximate surface area is 95.6 Å². The maximum absolute atomic E-state index is 11.8. The molecule has 0 aromatic heterocycles. The van der Waals surface area contributed by atoms with Crippen LogP contribution in [0.1, 0.15) is 12.8 Å². The Hall–Kier alpha value is -1.55. The minimum atomic E-state index is 0.0104. The molecule has 0 unspecified atom stereocenters. The van der Waals surface area contributed by atoms with Gasteiger partial charge in [0.15, 0.2) is 0 Å². The van der Waals surface area contributed by atoms with Crippen molar-refractivity contribution in [3.8, 4) is 0 Å². The molecule has 0 spiro atoms. The Morgan fingerprint density at radius 2 is 2.12 bits per heavy atom. The van der Waals surface area contributed by atoms with Crippen molar-refractivity contribution < 1.29 is 4.79 Å². The molecule has 86 valence electrons. The third kappa shape index (κ3) is 2.52. The molecule has 1 heterocycles. The first-order valence-electron chi connectivity index (χ1n) is 5.58. The zero-order valence-corrected chi connectivity index (χ0v) is 9.44. The minimum absolute atomic E-state index is 0.0104. The lowest BCUT2D eigenvalue weighted by Gasteiger charge is -2.19. The number of para-hydroxylation sites is 1. The number of likely N-dealkylation sites (N-methyl/N-ethyl adjacent to an activating group) is 1. The van der Waals surface area contributed by atoms with E-state index in [1.807, 2.05) is 37.4 Å². The molecule has 0 saturated carbocycles. The number of rotatable bonds is 3. The van der Waals surface area contributed by atoms with Crippen molar-refractivity contribution in [2.24, 2.45) is 0 Å². The van der Waals surface area contributed by atoms with Crippen LogP contribution in [0.5, 0.6) is 0 Å². The molecule has 16 heavy (non-hydrogen) atoms. The Morgan fingerprint density at radius 3 is 2.75 bits per heavy atom. The van der Waals surface area contributed by atoms with Crippen LogP contribution in [0.2, 0.25) is 0 Å². The molecule has 2 rings (SSSR count). The third-order valence-electron chi connectivity index (χ3n) is 2.93. The van der Waals surface area contributed by atoms with E-state index in [2.05, 4.69) is 15.8 Å². The van der Waals surface area contributed by atoms with Gasteiger partial charge in [-0.2, -0.15) is 0 Å². The van der Waals surface area contributed by atoms with Gasteiger partial charge < -0.3 is 0 Å².